The first kappa shape index (κ1) is 21.2. The fourth-order valence-corrected chi connectivity index (χ4v) is 4.51. The summed E-state index contributed by atoms with van der Waals surface area (Å²) in [5.74, 6) is -0.0941. The topological polar surface area (TPSA) is 85.0 Å². The summed E-state index contributed by atoms with van der Waals surface area (Å²) in [5, 5.41) is 8.54. The highest BCUT2D eigenvalue weighted by Gasteiger charge is 2.22. The van der Waals surface area contributed by atoms with Crippen LogP contribution in [0.25, 0.3) is 4.85 Å². The van der Waals surface area contributed by atoms with Gasteiger partial charge in [-0.3, -0.25) is 4.79 Å². The molecule has 6 nitrogen and oxygen atoms in total. The van der Waals surface area contributed by atoms with Gasteiger partial charge in [0.05, 0.1) is 10.8 Å². The zero-order valence-electron chi connectivity index (χ0n) is 13.2. The Balaban J connectivity index is 3.74. The minimum absolute atomic E-state index is 0.0610. The molecule has 0 aliphatic heterocycles. The number of thioether (sulfide) groups is 1. The Morgan fingerprint density at radius 2 is 2.00 bits per heavy atom. The van der Waals surface area contributed by atoms with Crippen molar-refractivity contribution in [2.75, 3.05) is 29.7 Å². The van der Waals surface area contributed by atoms with Crippen molar-refractivity contribution in [3.8, 4) is 0 Å². The molecule has 0 aliphatic rings. The maximum absolute atomic E-state index is 11.8. The number of rotatable bonds is 13. The maximum atomic E-state index is 11.8. The summed E-state index contributed by atoms with van der Waals surface area (Å²) >= 11 is 1.32. The minimum atomic E-state index is -3.11. The first-order valence-electron chi connectivity index (χ1n) is 7.16. The molecule has 0 fully saturated rings. The lowest BCUT2D eigenvalue weighted by Gasteiger charge is -2.19. The zero-order chi connectivity index (χ0) is 17.1. The van der Waals surface area contributed by atoms with E-state index in [9.17, 15) is 13.2 Å². The van der Waals surface area contributed by atoms with E-state index in [0.717, 1.165) is 0 Å². The van der Waals surface area contributed by atoms with Crippen LogP contribution >= 0.6 is 11.8 Å². The van der Waals surface area contributed by atoms with Crippen molar-refractivity contribution < 1.29 is 23.1 Å². The fourth-order valence-electron chi connectivity index (χ4n) is 1.59. The number of carboxylic acid groups (broad SMARTS) is 1. The van der Waals surface area contributed by atoms with E-state index < -0.39 is 21.4 Å². The summed E-state index contributed by atoms with van der Waals surface area (Å²) in [6, 6.07) is 0. The number of carboxylic acids is 1. The van der Waals surface area contributed by atoms with E-state index in [-0.39, 0.29) is 23.8 Å². The van der Waals surface area contributed by atoms with Crippen LogP contribution in [0.15, 0.2) is 0 Å². The van der Waals surface area contributed by atoms with Gasteiger partial charge in [-0.05, 0) is 38.9 Å². The molecule has 22 heavy (non-hydrogen) atoms. The lowest BCUT2D eigenvalue weighted by Crippen LogP contribution is -2.28. The van der Waals surface area contributed by atoms with Crippen molar-refractivity contribution in [2.45, 2.75) is 45.1 Å². The summed E-state index contributed by atoms with van der Waals surface area (Å²) in [4.78, 5) is 13.6. The highest BCUT2D eigenvalue weighted by atomic mass is 32.3. The van der Waals surface area contributed by atoms with Crippen molar-refractivity contribution in [3.63, 3.8) is 0 Å². The number of nitrogens with zero attached hydrogens (tertiary/aromatic N) is 1. The van der Waals surface area contributed by atoms with Crippen LogP contribution in [0.5, 0.6) is 0 Å². The number of aliphatic carboxylic acids is 1. The van der Waals surface area contributed by atoms with Crippen LogP contribution in [0.2, 0.25) is 0 Å². The number of sulfone groups is 1. The molecule has 0 aromatic carbocycles. The highest BCUT2D eigenvalue weighted by Crippen LogP contribution is 2.13. The molecule has 0 bridgehead atoms. The third-order valence-corrected chi connectivity index (χ3v) is 6.34. The number of unbranched alkanes of at least 4 members (excludes halogenated alkanes) is 1. The van der Waals surface area contributed by atoms with Gasteiger partial charge in [-0.2, -0.15) is 0 Å². The van der Waals surface area contributed by atoms with Gasteiger partial charge in [0.1, 0.15) is 5.60 Å². The molecular weight excluding hydrogens is 326 g/mol. The SMILES string of the molecule is [C-]#[N+]CC(C)(C)OCCCS(=O)(=O)CSCCCCC(=O)O. The van der Waals surface area contributed by atoms with Crippen LogP contribution < -0.4 is 0 Å². The van der Waals surface area contributed by atoms with Gasteiger partial charge < -0.3 is 14.7 Å². The number of carbonyl (C=O) groups is 1. The normalized spacial score (nSPS) is 12.0. The lowest BCUT2D eigenvalue weighted by molar-refractivity contribution is -0.137. The van der Waals surface area contributed by atoms with Gasteiger partial charge in [-0.25, -0.2) is 15.0 Å². The Morgan fingerprint density at radius 1 is 1.32 bits per heavy atom. The molecule has 0 amide bonds. The van der Waals surface area contributed by atoms with E-state index in [4.69, 9.17) is 16.4 Å². The van der Waals surface area contributed by atoms with Gasteiger partial charge in [-0.15, -0.1) is 11.8 Å². The molecule has 8 heteroatoms. The Labute approximate surface area is 137 Å². The minimum Gasteiger partial charge on any atom is -0.481 e. The molecule has 0 aliphatic carbocycles. The predicted molar refractivity (Wildman–Crippen MR) is 88.7 cm³/mol. The van der Waals surface area contributed by atoms with Crippen LogP contribution in [0.1, 0.15) is 39.5 Å². The highest BCUT2D eigenvalue weighted by molar-refractivity contribution is 8.12. The molecule has 0 atom stereocenters. The molecule has 0 unspecified atom stereocenters. The van der Waals surface area contributed by atoms with Crippen molar-refractivity contribution in [1.29, 1.82) is 0 Å². The fraction of sp³-hybridized carbons (Fsp3) is 0.857. The number of ether oxygens (including phenoxy) is 1. The van der Waals surface area contributed by atoms with E-state index in [2.05, 4.69) is 4.85 Å². The van der Waals surface area contributed by atoms with Crippen molar-refractivity contribution in [3.05, 3.63) is 11.4 Å². The van der Waals surface area contributed by atoms with E-state index in [1.165, 1.54) is 11.8 Å². The van der Waals surface area contributed by atoms with E-state index in [1.807, 2.05) is 13.8 Å². The van der Waals surface area contributed by atoms with Crippen LogP contribution in [0, 0.1) is 6.57 Å². The molecule has 0 spiro atoms. The summed E-state index contributed by atoms with van der Waals surface area (Å²) in [6.45, 7) is 11.0. The summed E-state index contributed by atoms with van der Waals surface area (Å²) < 4.78 is 29.1. The standard InChI is InChI=1S/C14H25NO5S2/c1-14(2,11-15-3)20-8-6-10-22(18,19)12-21-9-5-4-7-13(16)17/h4-12H2,1-2H3,(H,16,17). The Morgan fingerprint density at radius 3 is 2.59 bits per heavy atom. The van der Waals surface area contributed by atoms with Gasteiger partial charge >= 0.3 is 5.97 Å². The van der Waals surface area contributed by atoms with Crippen LogP contribution in [0.4, 0.5) is 0 Å². The molecular formula is C14H25NO5S2. The van der Waals surface area contributed by atoms with Crippen molar-refractivity contribution in [2.24, 2.45) is 0 Å². The Hall–Kier alpha value is -0.780. The van der Waals surface area contributed by atoms with Gasteiger partial charge in [-0.1, -0.05) is 0 Å². The predicted octanol–water partition coefficient (Wildman–Crippen LogP) is 2.45. The van der Waals surface area contributed by atoms with Crippen LogP contribution in [-0.2, 0) is 19.4 Å². The summed E-state index contributed by atoms with van der Waals surface area (Å²) in [7, 11) is -3.11. The quantitative estimate of drug-likeness (QED) is 0.405. The first-order valence-corrected chi connectivity index (χ1v) is 10.1. The third kappa shape index (κ3) is 12.9. The second kappa shape index (κ2) is 10.9. The zero-order valence-corrected chi connectivity index (χ0v) is 14.8. The van der Waals surface area contributed by atoms with Gasteiger partial charge in [0.25, 0.3) is 0 Å². The number of hydrogen-bond donors (Lipinski definition) is 1. The first-order chi connectivity index (χ1) is 10.2. The van der Waals surface area contributed by atoms with E-state index in [0.29, 0.717) is 31.6 Å². The Kier molecular flexibility index (Phi) is 10.5. The maximum Gasteiger partial charge on any atom is 0.303 e. The molecule has 0 aromatic heterocycles. The van der Waals surface area contributed by atoms with Gasteiger partial charge in [0.15, 0.2) is 9.84 Å². The molecule has 0 saturated heterocycles. The largest absolute Gasteiger partial charge is 0.481 e. The van der Waals surface area contributed by atoms with E-state index >= 15 is 0 Å². The lowest BCUT2D eigenvalue weighted by atomic mass is 10.1. The van der Waals surface area contributed by atoms with Crippen molar-refractivity contribution in [1.82, 2.24) is 0 Å². The molecule has 0 heterocycles. The average molecular weight is 351 g/mol. The Bertz CT molecular complexity index is 468. The molecule has 0 rings (SSSR count). The molecule has 1 N–H and O–H groups in total. The van der Waals surface area contributed by atoms with Gasteiger partial charge in [0, 0.05) is 13.0 Å². The van der Waals surface area contributed by atoms with Crippen LogP contribution in [0.3, 0.4) is 0 Å². The summed E-state index contributed by atoms with van der Waals surface area (Å²) in [6.07, 6.45) is 1.83. The second-order valence-electron chi connectivity index (χ2n) is 5.60. The molecule has 128 valence electrons. The average Bonchev–Trinajstić information content (AvgIpc) is 2.38. The third-order valence-electron chi connectivity index (χ3n) is 2.74. The molecule has 0 radical (unpaired) electrons. The van der Waals surface area contributed by atoms with Crippen LogP contribution in [-0.4, -0.2) is 54.8 Å². The molecule has 0 aromatic rings. The number of hydrogen-bond acceptors (Lipinski definition) is 5. The summed E-state index contributed by atoms with van der Waals surface area (Å²) in [5.41, 5.74) is -0.537. The smallest absolute Gasteiger partial charge is 0.303 e. The van der Waals surface area contributed by atoms with Gasteiger partial charge in [0.2, 0.25) is 6.54 Å². The second-order valence-corrected chi connectivity index (χ2v) is 9.26. The van der Waals surface area contributed by atoms with Crippen molar-refractivity contribution >= 4 is 27.6 Å². The van der Waals surface area contributed by atoms with E-state index in [1.54, 1.807) is 0 Å². The molecule has 0 saturated carbocycles. The monoisotopic (exact) mass is 351 g/mol.